The van der Waals surface area contributed by atoms with Gasteiger partial charge in [-0.1, -0.05) is 12.1 Å². The minimum atomic E-state index is 0. The van der Waals surface area contributed by atoms with Crippen LogP contribution in [0.4, 0.5) is 0 Å². The molecule has 6 nitrogen and oxygen atoms in total. The Labute approximate surface area is 148 Å². The summed E-state index contributed by atoms with van der Waals surface area (Å²) in [6, 6.07) is 7.86. The van der Waals surface area contributed by atoms with Crippen LogP contribution in [-0.2, 0) is 16.0 Å². The molecule has 0 fully saturated rings. The first kappa shape index (κ1) is 21.7. The quantitative estimate of drug-likeness (QED) is 0.593. The topological polar surface area (TPSA) is 79.0 Å². The molecule has 0 aliphatic heterocycles. The number of imidazole rings is 1. The van der Waals surface area contributed by atoms with Crippen LogP contribution in [0, 0.1) is 0 Å². The number of para-hydroxylation sites is 2. The van der Waals surface area contributed by atoms with E-state index in [2.05, 4.69) is 20.6 Å². The summed E-state index contributed by atoms with van der Waals surface area (Å²) >= 11 is 0. The first-order chi connectivity index (χ1) is 10.3. The fourth-order valence-electron chi connectivity index (χ4n) is 2.03. The highest BCUT2D eigenvalue weighted by molar-refractivity contribution is 5.85. The molecule has 2 aromatic rings. The molecular weight excluding hydrogens is 339 g/mol. The van der Waals surface area contributed by atoms with Crippen molar-refractivity contribution in [2.24, 2.45) is 0 Å². The summed E-state index contributed by atoms with van der Waals surface area (Å²) in [5.74, 6) is 0.897. The Kier molecular flexibility index (Phi) is 11.4. The van der Waals surface area contributed by atoms with E-state index in [4.69, 9.17) is 4.74 Å². The number of benzene rings is 1. The third-order valence-electron chi connectivity index (χ3n) is 3.13. The summed E-state index contributed by atoms with van der Waals surface area (Å²) in [7, 11) is 1.67. The lowest BCUT2D eigenvalue weighted by Crippen LogP contribution is -2.33. The van der Waals surface area contributed by atoms with Gasteiger partial charge in [-0.25, -0.2) is 4.98 Å². The third-order valence-corrected chi connectivity index (χ3v) is 3.13. The van der Waals surface area contributed by atoms with Crippen molar-refractivity contribution < 1.29 is 9.53 Å². The molecule has 0 aliphatic rings. The highest BCUT2D eigenvalue weighted by atomic mass is 35.5. The number of hydrogen-bond donors (Lipinski definition) is 3. The average Bonchev–Trinajstić information content (AvgIpc) is 2.91. The second-order valence-electron chi connectivity index (χ2n) is 4.79. The van der Waals surface area contributed by atoms with Gasteiger partial charge in [-0.2, -0.15) is 0 Å². The van der Waals surface area contributed by atoms with Crippen LogP contribution in [0.2, 0.25) is 0 Å². The number of amides is 1. The number of H-pyrrole nitrogens is 1. The molecule has 0 bridgehead atoms. The Bertz CT molecular complexity index is 544. The molecule has 0 unspecified atom stereocenters. The number of nitrogens with zero attached hydrogens (tertiary/aromatic N) is 1. The largest absolute Gasteiger partial charge is 0.383 e. The lowest BCUT2D eigenvalue weighted by molar-refractivity contribution is -0.121. The molecule has 1 amide bonds. The van der Waals surface area contributed by atoms with Crippen LogP contribution < -0.4 is 10.6 Å². The van der Waals surface area contributed by atoms with Gasteiger partial charge in [-0.15, -0.1) is 24.8 Å². The number of halogens is 2. The van der Waals surface area contributed by atoms with Crippen LogP contribution in [0.5, 0.6) is 0 Å². The summed E-state index contributed by atoms with van der Waals surface area (Å²) < 4.78 is 4.92. The molecule has 0 atom stereocenters. The van der Waals surface area contributed by atoms with Crippen molar-refractivity contribution in [1.29, 1.82) is 0 Å². The van der Waals surface area contributed by atoms with Crippen LogP contribution in [0.1, 0.15) is 12.2 Å². The summed E-state index contributed by atoms with van der Waals surface area (Å²) in [5, 5.41) is 6.05. The molecule has 2 rings (SSSR count). The number of carbonyl (C=O) groups excluding carboxylic acids is 1. The SMILES string of the molecule is COCCNCCNC(=O)CCc1nc2ccccc2[nH]1.Cl.Cl. The van der Waals surface area contributed by atoms with Gasteiger partial charge in [0.15, 0.2) is 0 Å². The highest BCUT2D eigenvalue weighted by Gasteiger charge is 2.05. The zero-order valence-corrected chi connectivity index (χ0v) is 14.8. The minimum Gasteiger partial charge on any atom is -0.383 e. The van der Waals surface area contributed by atoms with E-state index in [0.29, 0.717) is 26.0 Å². The molecule has 0 aliphatic carbocycles. The Morgan fingerprint density at radius 1 is 1.22 bits per heavy atom. The molecule has 0 saturated heterocycles. The lowest BCUT2D eigenvalue weighted by Gasteiger charge is -2.06. The zero-order valence-electron chi connectivity index (χ0n) is 13.1. The van der Waals surface area contributed by atoms with E-state index in [0.717, 1.165) is 29.9 Å². The molecular formula is C15H24Cl2N4O2. The molecule has 23 heavy (non-hydrogen) atoms. The molecule has 1 aromatic heterocycles. The maximum atomic E-state index is 11.7. The molecule has 3 N–H and O–H groups in total. The number of hydrogen-bond acceptors (Lipinski definition) is 4. The van der Waals surface area contributed by atoms with Gasteiger partial charge in [0.05, 0.1) is 17.6 Å². The van der Waals surface area contributed by atoms with Crippen molar-refractivity contribution in [3.05, 3.63) is 30.1 Å². The Morgan fingerprint density at radius 2 is 2.00 bits per heavy atom. The molecule has 130 valence electrons. The molecule has 0 spiro atoms. The minimum absolute atomic E-state index is 0. The smallest absolute Gasteiger partial charge is 0.220 e. The number of fused-ring (bicyclic) bond motifs is 1. The zero-order chi connectivity index (χ0) is 14.9. The number of ether oxygens (including phenoxy) is 1. The van der Waals surface area contributed by atoms with E-state index in [1.807, 2.05) is 24.3 Å². The standard InChI is InChI=1S/C15H22N4O2.2ClH/c1-21-11-10-16-8-9-17-15(20)7-6-14-18-12-4-2-3-5-13(12)19-14;;/h2-5,16H,6-11H2,1H3,(H,17,20)(H,18,19);2*1H. The van der Waals surface area contributed by atoms with Gasteiger partial charge >= 0.3 is 0 Å². The second-order valence-corrected chi connectivity index (χ2v) is 4.79. The Morgan fingerprint density at radius 3 is 2.74 bits per heavy atom. The first-order valence-corrected chi connectivity index (χ1v) is 7.19. The number of aryl methyl sites for hydroxylation is 1. The summed E-state index contributed by atoms with van der Waals surface area (Å²) in [5.41, 5.74) is 1.95. The van der Waals surface area contributed by atoms with Crippen LogP contribution in [0.15, 0.2) is 24.3 Å². The number of rotatable bonds is 9. The third kappa shape index (κ3) is 7.65. The van der Waals surface area contributed by atoms with Gasteiger partial charge in [-0.3, -0.25) is 4.79 Å². The maximum Gasteiger partial charge on any atom is 0.220 e. The van der Waals surface area contributed by atoms with Crippen molar-refractivity contribution in [3.8, 4) is 0 Å². The monoisotopic (exact) mass is 362 g/mol. The van der Waals surface area contributed by atoms with Gasteiger partial charge in [0.1, 0.15) is 5.82 Å². The average molecular weight is 363 g/mol. The normalized spacial score (nSPS) is 9.96. The Balaban J connectivity index is 0.00000242. The fraction of sp³-hybridized carbons (Fsp3) is 0.467. The van der Waals surface area contributed by atoms with Crippen LogP contribution in [0.3, 0.4) is 0 Å². The highest BCUT2D eigenvalue weighted by Crippen LogP contribution is 2.11. The summed E-state index contributed by atoms with van der Waals surface area (Å²) in [6.45, 7) is 2.85. The van der Waals surface area contributed by atoms with E-state index in [9.17, 15) is 4.79 Å². The van der Waals surface area contributed by atoms with Gasteiger partial charge in [0.25, 0.3) is 0 Å². The number of methoxy groups -OCH3 is 1. The van der Waals surface area contributed by atoms with Crippen molar-refractivity contribution in [1.82, 2.24) is 20.6 Å². The predicted molar refractivity (Wildman–Crippen MR) is 96.7 cm³/mol. The van der Waals surface area contributed by atoms with E-state index < -0.39 is 0 Å². The van der Waals surface area contributed by atoms with Gasteiger partial charge < -0.3 is 20.4 Å². The van der Waals surface area contributed by atoms with Gasteiger partial charge in [0, 0.05) is 39.6 Å². The molecule has 1 heterocycles. The van der Waals surface area contributed by atoms with Crippen molar-refractivity contribution >= 4 is 41.8 Å². The number of nitrogens with one attached hydrogen (secondary N) is 3. The summed E-state index contributed by atoms with van der Waals surface area (Å²) in [6.07, 6.45) is 1.06. The lowest BCUT2D eigenvalue weighted by atomic mass is 10.3. The first-order valence-electron chi connectivity index (χ1n) is 7.19. The maximum absolute atomic E-state index is 11.7. The van der Waals surface area contributed by atoms with Crippen molar-refractivity contribution in [2.45, 2.75) is 12.8 Å². The number of aromatic nitrogens is 2. The van der Waals surface area contributed by atoms with Gasteiger partial charge in [-0.05, 0) is 12.1 Å². The van der Waals surface area contributed by atoms with Crippen molar-refractivity contribution in [3.63, 3.8) is 0 Å². The van der Waals surface area contributed by atoms with Gasteiger partial charge in [0.2, 0.25) is 5.91 Å². The van der Waals surface area contributed by atoms with E-state index >= 15 is 0 Å². The molecule has 0 radical (unpaired) electrons. The summed E-state index contributed by atoms with van der Waals surface area (Å²) in [4.78, 5) is 19.4. The van der Waals surface area contributed by atoms with E-state index in [1.165, 1.54) is 0 Å². The van der Waals surface area contributed by atoms with E-state index in [-0.39, 0.29) is 30.7 Å². The molecule has 1 aromatic carbocycles. The second kappa shape index (κ2) is 12.1. The number of aromatic amines is 1. The van der Waals surface area contributed by atoms with Crippen LogP contribution in [0.25, 0.3) is 11.0 Å². The molecule has 0 saturated carbocycles. The van der Waals surface area contributed by atoms with Crippen molar-refractivity contribution in [2.75, 3.05) is 33.4 Å². The Hall–Kier alpha value is -1.34. The van der Waals surface area contributed by atoms with E-state index in [1.54, 1.807) is 7.11 Å². The van der Waals surface area contributed by atoms with Crippen LogP contribution >= 0.6 is 24.8 Å². The number of carbonyl (C=O) groups is 1. The fourth-order valence-corrected chi connectivity index (χ4v) is 2.03. The molecule has 8 heteroatoms. The predicted octanol–water partition coefficient (Wildman–Crippen LogP) is 1.69. The van der Waals surface area contributed by atoms with Crippen LogP contribution in [-0.4, -0.2) is 49.2 Å².